The van der Waals surface area contributed by atoms with Gasteiger partial charge in [0.25, 0.3) is 5.91 Å². The van der Waals surface area contributed by atoms with Crippen molar-refractivity contribution < 1.29 is 9.53 Å². The van der Waals surface area contributed by atoms with Gasteiger partial charge >= 0.3 is 0 Å². The molecule has 0 saturated heterocycles. The molecule has 18 heavy (non-hydrogen) atoms. The molecule has 1 aromatic carbocycles. The molecule has 0 fully saturated rings. The fourth-order valence-electron chi connectivity index (χ4n) is 1.50. The molecule has 1 rings (SSSR count). The molecule has 0 aromatic heterocycles. The van der Waals surface area contributed by atoms with Crippen molar-refractivity contribution in [3.63, 3.8) is 0 Å². The fraction of sp³-hybridized carbons (Fsp3) is 0.462. The minimum atomic E-state index is -0.694. The third-order valence-corrected chi connectivity index (χ3v) is 3.13. The summed E-state index contributed by atoms with van der Waals surface area (Å²) in [6.45, 7) is 3.61. The fourth-order valence-corrected chi connectivity index (χ4v) is 1.75. The second kappa shape index (κ2) is 6.61. The average Bonchev–Trinajstić information content (AvgIpc) is 2.33. The summed E-state index contributed by atoms with van der Waals surface area (Å²) in [5.41, 5.74) is 11.9. The molecular formula is C13H19ClN2O2. The van der Waals surface area contributed by atoms with E-state index in [4.69, 9.17) is 27.8 Å². The largest absolute Gasteiger partial charge is 0.481 e. The molecule has 0 aliphatic rings. The molecule has 0 saturated carbocycles. The zero-order valence-electron chi connectivity index (χ0n) is 10.7. The van der Waals surface area contributed by atoms with Crippen LogP contribution in [0, 0.1) is 0 Å². The van der Waals surface area contributed by atoms with Gasteiger partial charge in [-0.3, -0.25) is 4.79 Å². The van der Waals surface area contributed by atoms with E-state index < -0.39 is 12.0 Å². The maximum Gasteiger partial charge on any atom is 0.258 e. The SMILES string of the molecule is CCC(N)Cc1c(Cl)cccc1OC(C)C(N)=O. The van der Waals surface area contributed by atoms with Crippen LogP contribution in [0.3, 0.4) is 0 Å². The first kappa shape index (κ1) is 14.8. The zero-order chi connectivity index (χ0) is 13.7. The molecule has 2 unspecified atom stereocenters. The number of nitrogens with two attached hydrogens (primary N) is 2. The summed E-state index contributed by atoms with van der Waals surface area (Å²) >= 11 is 6.14. The summed E-state index contributed by atoms with van der Waals surface area (Å²) < 4.78 is 5.52. The lowest BCUT2D eigenvalue weighted by Crippen LogP contribution is -2.31. The summed E-state index contributed by atoms with van der Waals surface area (Å²) in [5, 5.41) is 0.591. The number of halogens is 1. The number of benzene rings is 1. The maximum absolute atomic E-state index is 11.0. The maximum atomic E-state index is 11.0. The smallest absolute Gasteiger partial charge is 0.258 e. The first-order valence-corrected chi connectivity index (χ1v) is 6.32. The highest BCUT2D eigenvalue weighted by Gasteiger charge is 2.16. The van der Waals surface area contributed by atoms with Crippen LogP contribution in [0.25, 0.3) is 0 Å². The van der Waals surface area contributed by atoms with Crippen LogP contribution in [-0.4, -0.2) is 18.1 Å². The molecule has 1 aromatic rings. The lowest BCUT2D eigenvalue weighted by molar-refractivity contribution is -0.124. The number of carbonyl (C=O) groups excluding carboxylic acids is 1. The van der Waals surface area contributed by atoms with Gasteiger partial charge in [-0.2, -0.15) is 0 Å². The second-order valence-electron chi connectivity index (χ2n) is 4.25. The Kier molecular flexibility index (Phi) is 5.44. The molecule has 0 heterocycles. The van der Waals surface area contributed by atoms with E-state index in [1.807, 2.05) is 6.92 Å². The number of rotatable bonds is 6. The van der Waals surface area contributed by atoms with Gasteiger partial charge in [0.15, 0.2) is 6.10 Å². The van der Waals surface area contributed by atoms with Gasteiger partial charge in [0.2, 0.25) is 0 Å². The van der Waals surface area contributed by atoms with Gasteiger partial charge in [-0.05, 0) is 31.9 Å². The Labute approximate surface area is 112 Å². The number of carbonyl (C=O) groups is 1. The molecule has 0 spiro atoms. The highest BCUT2D eigenvalue weighted by atomic mass is 35.5. The molecule has 100 valence electrons. The van der Waals surface area contributed by atoms with Crippen LogP contribution in [0.2, 0.25) is 5.02 Å². The van der Waals surface area contributed by atoms with E-state index in [0.717, 1.165) is 12.0 Å². The summed E-state index contributed by atoms with van der Waals surface area (Å²) in [4.78, 5) is 11.0. The van der Waals surface area contributed by atoms with Crippen LogP contribution < -0.4 is 16.2 Å². The van der Waals surface area contributed by atoms with Gasteiger partial charge in [-0.25, -0.2) is 0 Å². The van der Waals surface area contributed by atoms with Gasteiger partial charge < -0.3 is 16.2 Å². The normalized spacial score (nSPS) is 14.0. The highest BCUT2D eigenvalue weighted by molar-refractivity contribution is 6.31. The predicted molar refractivity (Wildman–Crippen MR) is 72.7 cm³/mol. The van der Waals surface area contributed by atoms with E-state index >= 15 is 0 Å². The van der Waals surface area contributed by atoms with Crippen LogP contribution in [-0.2, 0) is 11.2 Å². The van der Waals surface area contributed by atoms with E-state index in [-0.39, 0.29) is 6.04 Å². The number of hydrogen-bond acceptors (Lipinski definition) is 3. The first-order chi connectivity index (χ1) is 8.45. The van der Waals surface area contributed by atoms with Crippen molar-refractivity contribution in [1.82, 2.24) is 0 Å². The number of primary amides is 1. The molecule has 0 radical (unpaired) electrons. The molecule has 4 N–H and O–H groups in total. The topological polar surface area (TPSA) is 78.3 Å². The molecule has 2 atom stereocenters. The lowest BCUT2D eigenvalue weighted by Gasteiger charge is -2.18. The Morgan fingerprint density at radius 2 is 2.17 bits per heavy atom. The van der Waals surface area contributed by atoms with Crippen molar-refractivity contribution in [2.24, 2.45) is 11.5 Å². The molecule has 0 bridgehead atoms. The van der Waals surface area contributed by atoms with E-state index in [2.05, 4.69) is 0 Å². The molecule has 5 heteroatoms. The van der Waals surface area contributed by atoms with Crippen molar-refractivity contribution in [1.29, 1.82) is 0 Å². The van der Waals surface area contributed by atoms with E-state index in [1.54, 1.807) is 25.1 Å². The number of hydrogen-bond donors (Lipinski definition) is 2. The van der Waals surface area contributed by atoms with Crippen molar-refractivity contribution in [2.45, 2.75) is 38.8 Å². The zero-order valence-corrected chi connectivity index (χ0v) is 11.4. The Morgan fingerprint density at radius 3 is 2.72 bits per heavy atom. The monoisotopic (exact) mass is 270 g/mol. The van der Waals surface area contributed by atoms with Gasteiger partial charge in [0.05, 0.1) is 0 Å². The minimum absolute atomic E-state index is 0.0103. The predicted octanol–water partition coefficient (Wildman–Crippen LogP) is 1.87. The van der Waals surface area contributed by atoms with Gasteiger partial charge in [0, 0.05) is 16.6 Å². The Bertz CT molecular complexity index is 423. The first-order valence-electron chi connectivity index (χ1n) is 5.94. The molecular weight excluding hydrogens is 252 g/mol. The van der Waals surface area contributed by atoms with Crippen LogP contribution in [0.1, 0.15) is 25.8 Å². The van der Waals surface area contributed by atoms with E-state index in [0.29, 0.717) is 17.2 Å². The van der Waals surface area contributed by atoms with Crippen LogP contribution in [0.15, 0.2) is 18.2 Å². The van der Waals surface area contributed by atoms with E-state index in [9.17, 15) is 4.79 Å². The summed E-state index contributed by atoms with van der Waals surface area (Å²) in [7, 11) is 0. The molecule has 0 aliphatic carbocycles. The van der Waals surface area contributed by atoms with Crippen molar-refractivity contribution in [3.8, 4) is 5.75 Å². The second-order valence-corrected chi connectivity index (χ2v) is 4.66. The Morgan fingerprint density at radius 1 is 1.50 bits per heavy atom. The molecule has 0 aliphatic heterocycles. The third-order valence-electron chi connectivity index (χ3n) is 2.77. The quantitative estimate of drug-likeness (QED) is 0.828. The minimum Gasteiger partial charge on any atom is -0.481 e. The third kappa shape index (κ3) is 3.89. The van der Waals surface area contributed by atoms with E-state index in [1.165, 1.54) is 0 Å². The van der Waals surface area contributed by atoms with Crippen molar-refractivity contribution in [3.05, 3.63) is 28.8 Å². The average molecular weight is 271 g/mol. The highest BCUT2D eigenvalue weighted by Crippen LogP contribution is 2.28. The van der Waals surface area contributed by atoms with Crippen LogP contribution >= 0.6 is 11.6 Å². The van der Waals surface area contributed by atoms with Crippen molar-refractivity contribution >= 4 is 17.5 Å². The van der Waals surface area contributed by atoms with Gasteiger partial charge in [0.1, 0.15) is 5.75 Å². The van der Waals surface area contributed by atoms with Gasteiger partial charge in [-0.1, -0.05) is 24.6 Å². The summed E-state index contributed by atoms with van der Waals surface area (Å²) in [6.07, 6.45) is 0.757. The summed E-state index contributed by atoms with van der Waals surface area (Å²) in [5.74, 6) is 0.0541. The molecule has 1 amide bonds. The number of amides is 1. The van der Waals surface area contributed by atoms with Crippen LogP contribution in [0.4, 0.5) is 0 Å². The Hall–Kier alpha value is -1.26. The standard InChI is InChI=1S/C13H19ClN2O2/c1-3-9(15)7-10-11(14)5-4-6-12(10)18-8(2)13(16)17/h4-6,8-9H,3,7,15H2,1-2H3,(H2,16,17). The lowest BCUT2D eigenvalue weighted by atomic mass is 10.0. The van der Waals surface area contributed by atoms with Crippen LogP contribution in [0.5, 0.6) is 5.75 Å². The molecule has 4 nitrogen and oxygen atoms in total. The van der Waals surface area contributed by atoms with Crippen molar-refractivity contribution in [2.75, 3.05) is 0 Å². The van der Waals surface area contributed by atoms with Gasteiger partial charge in [-0.15, -0.1) is 0 Å². The Balaban J connectivity index is 2.96. The summed E-state index contributed by atoms with van der Waals surface area (Å²) in [6, 6.07) is 5.33. The number of ether oxygens (including phenoxy) is 1.